The van der Waals surface area contributed by atoms with Gasteiger partial charge in [-0.25, -0.2) is 0 Å². The Labute approximate surface area is 136 Å². The number of fused-ring (bicyclic) bond motifs is 3. The number of aliphatic hydroxyl groups is 6. The van der Waals surface area contributed by atoms with Crippen LogP contribution in [0.15, 0.2) is 12.3 Å². The van der Waals surface area contributed by atoms with Crippen LogP contribution in [0.25, 0.3) is 0 Å². The third-order valence-electron chi connectivity index (χ3n) is 5.19. The van der Waals surface area contributed by atoms with Crippen LogP contribution in [0, 0.1) is 11.8 Å². The molecule has 10 heteroatoms. The van der Waals surface area contributed by atoms with Crippen LogP contribution in [0.4, 0.5) is 0 Å². The Morgan fingerprint density at radius 2 is 1.75 bits per heavy atom. The van der Waals surface area contributed by atoms with Crippen molar-refractivity contribution in [2.75, 3.05) is 6.61 Å². The number of hydrogen-bond acceptors (Lipinski definition) is 10. The molecule has 6 N–H and O–H groups in total. The zero-order chi connectivity index (χ0) is 17.2. The highest BCUT2D eigenvalue weighted by molar-refractivity contribution is 5.20. The number of epoxide rings is 1. The van der Waals surface area contributed by atoms with E-state index in [2.05, 4.69) is 0 Å². The fourth-order valence-corrected chi connectivity index (χ4v) is 3.78. The molecule has 2 saturated heterocycles. The Hall–Kier alpha value is -0.820. The highest BCUT2D eigenvalue weighted by atomic mass is 16.8. The number of hydrogen-bond donors (Lipinski definition) is 6. The van der Waals surface area contributed by atoms with Gasteiger partial charge in [0.1, 0.15) is 30.5 Å². The Kier molecular flexibility index (Phi) is 3.88. The summed E-state index contributed by atoms with van der Waals surface area (Å²) in [7, 11) is 0. The van der Waals surface area contributed by atoms with Crippen molar-refractivity contribution >= 4 is 0 Å². The van der Waals surface area contributed by atoms with Gasteiger partial charge < -0.3 is 49.6 Å². The lowest BCUT2D eigenvalue weighted by atomic mass is 9.90. The number of ether oxygens (including phenoxy) is 4. The van der Waals surface area contributed by atoms with E-state index in [1.165, 1.54) is 6.26 Å². The molecule has 0 bridgehead atoms. The van der Waals surface area contributed by atoms with E-state index >= 15 is 0 Å². The van der Waals surface area contributed by atoms with Crippen LogP contribution in [-0.4, -0.2) is 92.2 Å². The molecule has 3 heterocycles. The second-order valence-corrected chi connectivity index (χ2v) is 6.55. The average molecular weight is 348 g/mol. The van der Waals surface area contributed by atoms with E-state index in [0.29, 0.717) is 0 Å². The molecular formula is C14H20O10. The van der Waals surface area contributed by atoms with Gasteiger partial charge in [-0.1, -0.05) is 0 Å². The van der Waals surface area contributed by atoms with E-state index in [0.717, 1.165) is 0 Å². The monoisotopic (exact) mass is 348 g/mol. The predicted octanol–water partition coefficient (Wildman–Crippen LogP) is -3.63. The number of rotatable bonds is 3. The first-order valence-corrected chi connectivity index (χ1v) is 7.75. The van der Waals surface area contributed by atoms with E-state index < -0.39 is 73.4 Å². The lowest BCUT2D eigenvalue weighted by Crippen LogP contribution is -2.60. The molecule has 11 atom stereocenters. The predicted molar refractivity (Wildman–Crippen MR) is 71.7 cm³/mol. The summed E-state index contributed by atoms with van der Waals surface area (Å²) >= 11 is 0. The maximum atomic E-state index is 10.4. The van der Waals surface area contributed by atoms with Crippen molar-refractivity contribution in [1.82, 2.24) is 0 Å². The van der Waals surface area contributed by atoms with Gasteiger partial charge in [-0.05, 0) is 6.08 Å². The van der Waals surface area contributed by atoms with Gasteiger partial charge in [-0.15, -0.1) is 0 Å². The van der Waals surface area contributed by atoms with Gasteiger partial charge in [0, 0.05) is 5.92 Å². The lowest BCUT2D eigenvalue weighted by Gasteiger charge is -2.42. The zero-order valence-electron chi connectivity index (χ0n) is 12.5. The van der Waals surface area contributed by atoms with Crippen molar-refractivity contribution in [2.45, 2.75) is 55.0 Å². The molecule has 0 amide bonds. The topological polar surface area (TPSA) is 162 Å². The molecule has 136 valence electrons. The third kappa shape index (κ3) is 2.23. The van der Waals surface area contributed by atoms with Crippen molar-refractivity contribution in [3.8, 4) is 0 Å². The summed E-state index contributed by atoms with van der Waals surface area (Å²) in [5.74, 6) is -2.81. The fraction of sp³-hybridized carbons (Fsp3) is 0.857. The first kappa shape index (κ1) is 16.6. The maximum Gasteiger partial charge on any atom is 0.210 e. The molecule has 24 heavy (non-hydrogen) atoms. The Bertz CT molecular complexity index is 526. The molecule has 0 radical (unpaired) electrons. The van der Waals surface area contributed by atoms with Crippen LogP contribution in [0.1, 0.15) is 0 Å². The minimum atomic E-state index is -1.59. The maximum absolute atomic E-state index is 10.4. The van der Waals surface area contributed by atoms with Gasteiger partial charge in [-0.2, -0.15) is 0 Å². The van der Waals surface area contributed by atoms with Gasteiger partial charge in [0.05, 0.1) is 24.9 Å². The molecule has 3 fully saturated rings. The highest BCUT2D eigenvalue weighted by Crippen LogP contribution is 2.58. The summed E-state index contributed by atoms with van der Waals surface area (Å²) < 4.78 is 21.3. The molecule has 0 unspecified atom stereocenters. The van der Waals surface area contributed by atoms with Gasteiger partial charge in [0.2, 0.25) is 12.1 Å². The van der Waals surface area contributed by atoms with E-state index in [4.69, 9.17) is 18.9 Å². The summed E-state index contributed by atoms with van der Waals surface area (Å²) in [5.41, 5.74) is 0. The minimum Gasteiger partial charge on any atom is -0.472 e. The molecule has 0 aromatic rings. The van der Waals surface area contributed by atoms with Gasteiger partial charge >= 0.3 is 0 Å². The third-order valence-corrected chi connectivity index (χ3v) is 5.19. The zero-order valence-corrected chi connectivity index (χ0v) is 12.5. The molecule has 4 aliphatic rings. The summed E-state index contributed by atoms with van der Waals surface area (Å²) in [6.07, 6.45) is -7.07. The summed E-state index contributed by atoms with van der Waals surface area (Å²) in [4.78, 5) is 0. The highest BCUT2D eigenvalue weighted by Gasteiger charge is 2.76. The quantitative estimate of drug-likeness (QED) is 0.281. The van der Waals surface area contributed by atoms with Crippen LogP contribution < -0.4 is 0 Å². The normalized spacial score (nSPS) is 58.8. The van der Waals surface area contributed by atoms with Crippen molar-refractivity contribution in [2.24, 2.45) is 11.8 Å². The smallest absolute Gasteiger partial charge is 0.210 e. The summed E-state index contributed by atoms with van der Waals surface area (Å²) in [6.45, 7) is -0.587. The molecule has 0 aromatic heterocycles. The Morgan fingerprint density at radius 3 is 2.46 bits per heavy atom. The molecular weight excluding hydrogens is 328 g/mol. The number of aliphatic hydroxyl groups excluding tert-OH is 5. The molecule has 1 aliphatic carbocycles. The van der Waals surface area contributed by atoms with Crippen LogP contribution in [0.5, 0.6) is 0 Å². The SMILES string of the molecule is OC[C@H]1O[C@@H](O[C@@H]2OC=C[C@H]3[C@H](O)[C@@H]4O[C@]4(O)[C@@H]23)[C@H](O)[C@@H](O)[C@@H]1O. The molecule has 0 aromatic carbocycles. The van der Waals surface area contributed by atoms with Crippen molar-refractivity contribution in [1.29, 1.82) is 0 Å². The summed E-state index contributed by atoms with van der Waals surface area (Å²) in [6, 6.07) is 0. The second kappa shape index (κ2) is 5.59. The average Bonchev–Trinajstić information content (AvgIpc) is 3.21. The van der Waals surface area contributed by atoms with Crippen molar-refractivity contribution in [3.63, 3.8) is 0 Å². The second-order valence-electron chi connectivity index (χ2n) is 6.55. The van der Waals surface area contributed by atoms with Crippen LogP contribution >= 0.6 is 0 Å². The van der Waals surface area contributed by atoms with E-state index in [9.17, 15) is 30.6 Å². The van der Waals surface area contributed by atoms with E-state index in [1.807, 2.05) is 0 Å². The Balaban J connectivity index is 1.51. The molecule has 0 spiro atoms. The first-order valence-electron chi connectivity index (χ1n) is 7.75. The van der Waals surface area contributed by atoms with Gasteiger partial charge in [-0.3, -0.25) is 0 Å². The van der Waals surface area contributed by atoms with Crippen LogP contribution in [0.2, 0.25) is 0 Å². The summed E-state index contributed by atoms with van der Waals surface area (Å²) in [5, 5.41) is 59.3. The fourth-order valence-electron chi connectivity index (χ4n) is 3.78. The minimum absolute atomic E-state index is 0.461. The molecule has 3 aliphatic heterocycles. The first-order chi connectivity index (χ1) is 11.4. The van der Waals surface area contributed by atoms with Gasteiger partial charge in [0.25, 0.3) is 0 Å². The standard InChI is InChI=1S/C14H20O10/c15-3-5-8(17)9(18)10(19)13(22-5)23-12-6-4(1-2-21-12)7(16)11-14(6,20)24-11/h1-2,4-13,15-20H,3H2/t4-,5-,6-,7+,8-,9+,10-,11+,12+,13+,14-/m1/s1. The van der Waals surface area contributed by atoms with E-state index in [-0.39, 0.29) is 0 Å². The van der Waals surface area contributed by atoms with Crippen LogP contribution in [-0.2, 0) is 18.9 Å². The molecule has 10 nitrogen and oxygen atoms in total. The van der Waals surface area contributed by atoms with Gasteiger partial charge in [0.15, 0.2) is 6.29 Å². The van der Waals surface area contributed by atoms with Crippen molar-refractivity contribution in [3.05, 3.63) is 12.3 Å². The lowest BCUT2D eigenvalue weighted by molar-refractivity contribution is -0.348. The largest absolute Gasteiger partial charge is 0.472 e. The van der Waals surface area contributed by atoms with E-state index in [1.54, 1.807) is 6.08 Å². The Morgan fingerprint density at radius 1 is 1.00 bits per heavy atom. The van der Waals surface area contributed by atoms with Crippen molar-refractivity contribution < 1.29 is 49.6 Å². The molecule has 1 saturated carbocycles. The van der Waals surface area contributed by atoms with Crippen LogP contribution in [0.3, 0.4) is 0 Å². The molecule has 4 rings (SSSR count).